The van der Waals surface area contributed by atoms with Crippen LogP contribution in [0.2, 0.25) is 0 Å². The number of phenolic OH excluding ortho intramolecular Hbond substituents is 1. The van der Waals surface area contributed by atoms with Crippen molar-refractivity contribution < 1.29 is 5.11 Å². The summed E-state index contributed by atoms with van der Waals surface area (Å²) in [5.41, 5.74) is 4.95. The summed E-state index contributed by atoms with van der Waals surface area (Å²) < 4.78 is 0. The number of H-pyrrole nitrogens is 2. The second-order valence-corrected chi connectivity index (χ2v) is 9.86. The van der Waals surface area contributed by atoms with Gasteiger partial charge in [0.25, 0.3) is 0 Å². The van der Waals surface area contributed by atoms with Gasteiger partial charge in [-0.15, -0.1) is 0 Å². The first-order chi connectivity index (χ1) is 17.6. The number of nitriles is 1. The number of aromatic amines is 2. The van der Waals surface area contributed by atoms with Gasteiger partial charge in [0.1, 0.15) is 17.3 Å². The summed E-state index contributed by atoms with van der Waals surface area (Å²) in [7, 11) is 0. The number of nitrogens with zero attached hydrogens (tertiary/aromatic N) is 6. The molecule has 4 heterocycles. The quantitative estimate of drug-likeness (QED) is 0.366. The van der Waals surface area contributed by atoms with Gasteiger partial charge in [0.05, 0.1) is 18.1 Å². The normalized spacial score (nSPS) is 20.2. The van der Waals surface area contributed by atoms with Crippen molar-refractivity contribution in [2.24, 2.45) is 0 Å². The molecule has 6 rings (SSSR count). The minimum Gasteiger partial charge on any atom is -0.508 e. The van der Waals surface area contributed by atoms with Crippen LogP contribution in [-0.4, -0.2) is 72.0 Å². The molecular formula is C27H30N8O. The smallest absolute Gasteiger partial charge is 0.202 e. The van der Waals surface area contributed by atoms with E-state index in [1.165, 1.54) is 12.8 Å². The third kappa shape index (κ3) is 4.12. The second kappa shape index (κ2) is 9.37. The fraction of sp³-hybridized carbons (Fsp3) is 0.407. The summed E-state index contributed by atoms with van der Waals surface area (Å²) in [6.45, 7) is 5.71. The second-order valence-electron chi connectivity index (χ2n) is 9.86. The predicted molar refractivity (Wildman–Crippen MR) is 137 cm³/mol. The molecule has 184 valence electrons. The van der Waals surface area contributed by atoms with Gasteiger partial charge in [-0.1, -0.05) is 19.1 Å². The number of aromatic nitrogens is 5. The number of hydrogen-bond acceptors (Lipinski definition) is 7. The maximum atomic E-state index is 9.85. The number of nitrogens with one attached hydrogen (secondary N) is 2. The van der Waals surface area contributed by atoms with E-state index in [9.17, 15) is 5.11 Å². The van der Waals surface area contributed by atoms with Crippen LogP contribution in [0.3, 0.4) is 0 Å². The van der Waals surface area contributed by atoms with E-state index >= 15 is 0 Å². The third-order valence-corrected chi connectivity index (χ3v) is 7.65. The summed E-state index contributed by atoms with van der Waals surface area (Å²) in [5, 5.41) is 35.1. The molecule has 2 aliphatic rings. The highest BCUT2D eigenvalue weighted by molar-refractivity contribution is 5.94. The highest BCUT2D eigenvalue weighted by atomic mass is 16.3. The van der Waals surface area contributed by atoms with Gasteiger partial charge >= 0.3 is 0 Å². The van der Waals surface area contributed by atoms with Gasteiger partial charge in [-0.05, 0) is 60.2 Å². The van der Waals surface area contributed by atoms with Gasteiger partial charge < -0.3 is 5.11 Å². The molecule has 0 amide bonds. The molecule has 36 heavy (non-hydrogen) atoms. The number of likely N-dealkylation sites (tertiary alicyclic amines) is 1. The van der Waals surface area contributed by atoms with E-state index < -0.39 is 0 Å². The van der Waals surface area contributed by atoms with E-state index in [0.717, 1.165) is 71.7 Å². The molecule has 2 unspecified atom stereocenters. The van der Waals surface area contributed by atoms with E-state index in [1.807, 2.05) is 12.1 Å². The Balaban J connectivity index is 1.19. The van der Waals surface area contributed by atoms with Gasteiger partial charge in [0.15, 0.2) is 0 Å². The Hall–Kier alpha value is -3.74. The Morgan fingerprint density at radius 3 is 2.69 bits per heavy atom. The van der Waals surface area contributed by atoms with E-state index in [0.29, 0.717) is 24.3 Å². The first-order valence-electron chi connectivity index (χ1n) is 12.7. The van der Waals surface area contributed by atoms with Gasteiger partial charge in [-0.2, -0.15) is 15.5 Å². The number of aryl methyl sites for hydroxylation is 1. The molecule has 2 aliphatic heterocycles. The maximum absolute atomic E-state index is 9.85. The lowest BCUT2D eigenvalue weighted by Crippen LogP contribution is -2.53. The zero-order valence-electron chi connectivity index (χ0n) is 20.4. The van der Waals surface area contributed by atoms with Crippen molar-refractivity contribution in [2.45, 2.75) is 51.2 Å². The Bertz CT molecular complexity index is 1420. The average molecular weight is 483 g/mol. The van der Waals surface area contributed by atoms with Crippen molar-refractivity contribution in [3.8, 4) is 34.5 Å². The molecular weight excluding hydrogens is 452 g/mol. The fourth-order valence-electron chi connectivity index (χ4n) is 5.95. The molecule has 4 aromatic rings. The molecule has 2 bridgehead atoms. The lowest BCUT2D eigenvalue weighted by molar-refractivity contribution is 0.0629. The van der Waals surface area contributed by atoms with E-state index in [4.69, 9.17) is 10.2 Å². The van der Waals surface area contributed by atoms with Gasteiger partial charge in [-0.25, -0.2) is 4.98 Å². The Kier molecular flexibility index (Phi) is 5.91. The predicted octanol–water partition coefficient (Wildman–Crippen LogP) is 3.85. The maximum Gasteiger partial charge on any atom is 0.202 e. The van der Waals surface area contributed by atoms with Crippen molar-refractivity contribution in [3.63, 3.8) is 0 Å². The number of benzene rings is 2. The highest BCUT2D eigenvalue weighted by Crippen LogP contribution is 2.33. The third-order valence-electron chi connectivity index (χ3n) is 7.65. The van der Waals surface area contributed by atoms with Crippen molar-refractivity contribution in [3.05, 3.63) is 47.8 Å². The molecule has 2 aromatic carbocycles. The van der Waals surface area contributed by atoms with Gasteiger partial charge in [0.2, 0.25) is 5.82 Å². The topological polar surface area (TPSA) is 121 Å². The van der Waals surface area contributed by atoms with Crippen LogP contribution in [0.1, 0.15) is 37.6 Å². The Morgan fingerprint density at radius 1 is 1.08 bits per heavy atom. The standard InChI is InChI=1S/C27H30N8O/c1-2-17-12-21(36)7-9-22(17)18-4-8-23-24(13-18)30-32-26(23)27-29-25(31-33-27)16-34-14-19-5-6-20(15-34)35(19)11-3-10-28/h4,7-9,12-13,19-20,36H,2-3,5-6,11,14-16H2,1H3,(H,30,32)(H,29,31,33). The molecule has 9 heteroatoms. The molecule has 2 atom stereocenters. The molecule has 0 radical (unpaired) electrons. The van der Waals surface area contributed by atoms with Crippen LogP contribution in [-0.2, 0) is 13.0 Å². The summed E-state index contributed by atoms with van der Waals surface area (Å²) in [4.78, 5) is 9.76. The molecule has 0 saturated carbocycles. The fourth-order valence-corrected chi connectivity index (χ4v) is 5.95. The average Bonchev–Trinajstić information content (AvgIpc) is 3.58. The summed E-state index contributed by atoms with van der Waals surface area (Å²) in [6.07, 6.45) is 3.86. The molecule has 2 aromatic heterocycles. The minimum absolute atomic E-state index is 0.287. The highest BCUT2D eigenvalue weighted by Gasteiger charge is 2.39. The summed E-state index contributed by atoms with van der Waals surface area (Å²) in [6, 6.07) is 15.1. The van der Waals surface area contributed by atoms with Crippen molar-refractivity contribution in [1.82, 2.24) is 35.2 Å². The number of fused-ring (bicyclic) bond motifs is 3. The van der Waals surface area contributed by atoms with Crippen LogP contribution >= 0.6 is 0 Å². The van der Waals surface area contributed by atoms with Crippen LogP contribution in [0.25, 0.3) is 33.5 Å². The van der Waals surface area contributed by atoms with E-state index in [2.05, 4.69) is 61.4 Å². The van der Waals surface area contributed by atoms with Crippen LogP contribution < -0.4 is 0 Å². The van der Waals surface area contributed by atoms with E-state index in [1.54, 1.807) is 6.07 Å². The molecule has 3 N–H and O–H groups in total. The number of hydrogen-bond donors (Lipinski definition) is 3. The van der Waals surface area contributed by atoms with Crippen LogP contribution in [0.15, 0.2) is 36.4 Å². The first kappa shape index (κ1) is 22.7. The zero-order valence-corrected chi connectivity index (χ0v) is 20.4. The van der Waals surface area contributed by atoms with E-state index in [-0.39, 0.29) is 5.75 Å². The molecule has 2 fully saturated rings. The first-order valence-corrected chi connectivity index (χ1v) is 12.7. The Labute approximate surface area is 209 Å². The molecule has 0 spiro atoms. The molecule has 2 saturated heterocycles. The van der Waals surface area contributed by atoms with Crippen molar-refractivity contribution in [2.75, 3.05) is 19.6 Å². The summed E-state index contributed by atoms with van der Waals surface area (Å²) >= 11 is 0. The Morgan fingerprint density at radius 2 is 1.92 bits per heavy atom. The SMILES string of the molecule is CCc1cc(O)ccc1-c1ccc2c(-c3n[nH]c(CN4CC5CCC(C4)N5CCC#N)n3)n[nH]c2c1. The van der Waals surface area contributed by atoms with Crippen LogP contribution in [0.4, 0.5) is 0 Å². The van der Waals surface area contributed by atoms with Gasteiger partial charge in [0, 0.05) is 43.5 Å². The largest absolute Gasteiger partial charge is 0.508 e. The van der Waals surface area contributed by atoms with Crippen LogP contribution in [0.5, 0.6) is 5.75 Å². The number of piperazine rings is 1. The minimum atomic E-state index is 0.287. The van der Waals surface area contributed by atoms with Crippen molar-refractivity contribution >= 4 is 10.9 Å². The van der Waals surface area contributed by atoms with Crippen LogP contribution in [0, 0.1) is 11.3 Å². The number of phenols is 1. The number of aromatic hydroxyl groups is 1. The van der Waals surface area contributed by atoms with Crippen molar-refractivity contribution in [1.29, 1.82) is 5.26 Å². The molecule has 9 nitrogen and oxygen atoms in total. The van der Waals surface area contributed by atoms with Gasteiger partial charge in [-0.3, -0.25) is 20.0 Å². The lowest BCUT2D eigenvalue weighted by atomic mass is 9.97. The molecule has 0 aliphatic carbocycles. The lowest BCUT2D eigenvalue weighted by Gasteiger charge is -2.40. The number of rotatable bonds is 7. The zero-order chi connectivity index (χ0) is 24.6. The monoisotopic (exact) mass is 482 g/mol. The summed E-state index contributed by atoms with van der Waals surface area (Å²) in [5.74, 6) is 1.73.